The Morgan fingerprint density at radius 3 is 2.50 bits per heavy atom. The van der Waals surface area contributed by atoms with Gasteiger partial charge in [0.05, 0.1) is 10.6 Å². The van der Waals surface area contributed by atoms with Crippen LogP contribution in [0.15, 0.2) is 41.3 Å². The number of carbonyl (C=O) groups is 2. The number of amides is 2. The minimum absolute atomic E-state index is 0.0927. The summed E-state index contributed by atoms with van der Waals surface area (Å²) in [6, 6.07) is 10.4. The summed E-state index contributed by atoms with van der Waals surface area (Å²) in [5.74, 6) is -0.0243. The number of sulfonamides is 1. The zero-order chi connectivity index (χ0) is 21.5. The molecule has 8 nitrogen and oxygen atoms in total. The number of fused-ring (bicyclic) bond motifs is 1. The lowest BCUT2D eigenvalue weighted by atomic mass is 10.1. The standard InChI is InChI=1S/C21H23N3O5S/c1-14-4-3-5-16(10-14)21(26)23-6-8-24(9-7-23)30(27,28)19-12-18-17(11-15(19)2)22-20(25)13-29-18/h3-5,10-12H,6-9,13H2,1-2H3,(H,22,25). The molecule has 2 heterocycles. The molecule has 1 N–H and O–H groups in total. The molecule has 0 saturated carbocycles. The van der Waals surface area contributed by atoms with Crippen molar-refractivity contribution in [2.24, 2.45) is 0 Å². The molecule has 30 heavy (non-hydrogen) atoms. The molecule has 0 atom stereocenters. The van der Waals surface area contributed by atoms with Crippen LogP contribution in [0.25, 0.3) is 0 Å². The van der Waals surface area contributed by atoms with Gasteiger partial charge in [-0.3, -0.25) is 9.59 Å². The van der Waals surface area contributed by atoms with Crippen molar-refractivity contribution in [2.75, 3.05) is 38.1 Å². The van der Waals surface area contributed by atoms with Gasteiger partial charge in [0.2, 0.25) is 10.0 Å². The van der Waals surface area contributed by atoms with Crippen molar-refractivity contribution in [3.8, 4) is 5.75 Å². The summed E-state index contributed by atoms with van der Waals surface area (Å²) in [5.41, 5.74) is 2.61. The molecule has 0 radical (unpaired) electrons. The molecule has 0 unspecified atom stereocenters. The number of benzene rings is 2. The van der Waals surface area contributed by atoms with Gasteiger partial charge >= 0.3 is 0 Å². The lowest BCUT2D eigenvalue weighted by molar-refractivity contribution is -0.118. The normalized spacial score (nSPS) is 17.1. The minimum atomic E-state index is -3.76. The Kier molecular flexibility index (Phi) is 5.25. The fraction of sp³-hybridized carbons (Fsp3) is 0.333. The molecule has 2 aromatic rings. The summed E-state index contributed by atoms with van der Waals surface area (Å²) in [6.07, 6.45) is 0. The van der Waals surface area contributed by atoms with Crippen LogP contribution in [-0.4, -0.2) is 62.2 Å². The van der Waals surface area contributed by atoms with Gasteiger partial charge in [0.15, 0.2) is 6.61 Å². The predicted molar refractivity (Wildman–Crippen MR) is 111 cm³/mol. The van der Waals surface area contributed by atoms with E-state index in [4.69, 9.17) is 4.74 Å². The van der Waals surface area contributed by atoms with E-state index in [1.165, 1.54) is 10.4 Å². The first-order valence-corrected chi connectivity index (χ1v) is 11.1. The van der Waals surface area contributed by atoms with E-state index >= 15 is 0 Å². The molecule has 2 aliphatic heterocycles. The Balaban J connectivity index is 1.50. The molecule has 2 aromatic carbocycles. The number of piperazine rings is 1. The number of aryl methyl sites for hydroxylation is 2. The highest BCUT2D eigenvalue weighted by molar-refractivity contribution is 7.89. The molecule has 0 bridgehead atoms. The van der Waals surface area contributed by atoms with Gasteiger partial charge in [-0.2, -0.15) is 4.31 Å². The van der Waals surface area contributed by atoms with Crippen LogP contribution in [0.4, 0.5) is 5.69 Å². The fourth-order valence-corrected chi connectivity index (χ4v) is 5.37. The highest BCUT2D eigenvalue weighted by Crippen LogP contribution is 2.34. The van der Waals surface area contributed by atoms with E-state index < -0.39 is 10.0 Å². The van der Waals surface area contributed by atoms with Crippen molar-refractivity contribution >= 4 is 27.5 Å². The lowest BCUT2D eigenvalue weighted by Crippen LogP contribution is -2.50. The maximum absolute atomic E-state index is 13.2. The molecule has 0 aliphatic carbocycles. The smallest absolute Gasteiger partial charge is 0.262 e. The maximum atomic E-state index is 13.2. The molecule has 0 spiro atoms. The summed E-state index contributed by atoms with van der Waals surface area (Å²) in [6.45, 7) is 4.55. The Bertz CT molecular complexity index is 1120. The van der Waals surface area contributed by atoms with Gasteiger partial charge in [0.25, 0.3) is 11.8 Å². The molecule has 1 saturated heterocycles. The number of nitrogens with one attached hydrogen (secondary N) is 1. The molecule has 2 aliphatic rings. The number of ether oxygens (including phenoxy) is 1. The second kappa shape index (κ2) is 7.73. The van der Waals surface area contributed by atoms with Gasteiger partial charge in [-0.15, -0.1) is 0 Å². The molecule has 0 aromatic heterocycles. The van der Waals surface area contributed by atoms with Crippen LogP contribution in [0.2, 0.25) is 0 Å². The van der Waals surface area contributed by atoms with Crippen molar-refractivity contribution in [1.29, 1.82) is 0 Å². The van der Waals surface area contributed by atoms with E-state index in [2.05, 4.69) is 5.32 Å². The number of anilines is 1. The van der Waals surface area contributed by atoms with Crippen molar-refractivity contribution < 1.29 is 22.7 Å². The molecular weight excluding hydrogens is 406 g/mol. The van der Waals surface area contributed by atoms with Crippen molar-refractivity contribution in [1.82, 2.24) is 9.21 Å². The molecule has 9 heteroatoms. The van der Waals surface area contributed by atoms with Crippen LogP contribution in [0.5, 0.6) is 5.75 Å². The van der Waals surface area contributed by atoms with Gasteiger partial charge < -0.3 is 15.0 Å². The van der Waals surface area contributed by atoms with Crippen LogP contribution in [0, 0.1) is 13.8 Å². The Morgan fingerprint density at radius 2 is 1.80 bits per heavy atom. The third kappa shape index (κ3) is 3.78. The number of rotatable bonds is 3. The number of nitrogens with zero attached hydrogens (tertiary/aromatic N) is 2. The topological polar surface area (TPSA) is 96.0 Å². The Hall–Kier alpha value is -2.91. The first kappa shape index (κ1) is 20.4. The van der Waals surface area contributed by atoms with Crippen molar-refractivity contribution in [2.45, 2.75) is 18.7 Å². The van der Waals surface area contributed by atoms with E-state index in [9.17, 15) is 18.0 Å². The Labute approximate surface area is 175 Å². The van der Waals surface area contributed by atoms with Gasteiger partial charge in [-0.25, -0.2) is 8.42 Å². The zero-order valence-electron chi connectivity index (χ0n) is 16.8. The summed E-state index contributed by atoms with van der Waals surface area (Å²) in [7, 11) is -3.76. The third-order valence-electron chi connectivity index (χ3n) is 5.32. The summed E-state index contributed by atoms with van der Waals surface area (Å²) >= 11 is 0. The van der Waals surface area contributed by atoms with Gasteiger partial charge in [0.1, 0.15) is 5.75 Å². The van der Waals surface area contributed by atoms with E-state index in [1.54, 1.807) is 24.0 Å². The number of carbonyl (C=O) groups excluding carboxylic acids is 2. The lowest BCUT2D eigenvalue weighted by Gasteiger charge is -2.34. The molecule has 158 valence electrons. The van der Waals surface area contributed by atoms with Crippen LogP contribution < -0.4 is 10.1 Å². The van der Waals surface area contributed by atoms with Gasteiger partial charge in [-0.05, 0) is 37.6 Å². The van der Waals surface area contributed by atoms with Gasteiger partial charge in [0, 0.05) is 37.8 Å². The maximum Gasteiger partial charge on any atom is 0.262 e. The number of hydrogen-bond donors (Lipinski definition) is 1. The highest BCUT2D eigenvalue weighted by atomic mass is 32.2. The predicted octanol–water partition coefficient (Wildman–Crippen LogP) is 1.78. The zero-order valence-corrected chi connectivity index (χ0v) is 17.7. The quantitative estimate of drug-likeness (QED) is 0.802. The van der Waals surface area contributed by atoms with Crippen LogP contribution in [0.1, 0.15) is 21.5 Å². The average molecular weight is 429 g/mol. The first-order chi connectivity index (χ1) is 14.3. The molecule has 2 amide bonds. The minimum Gasteiger partial charge on any atom is -0.482 e. The second-order valence-corrected chi connectivity index (χ2v) is 9.42. The Morgan fingerprint density at radius 1 is 1.07 bits per heavy atom. The summed E-state index contributed by atoms with van der Waals surface area (Å²) < 4.78 is 33.2. The SMILES string of the molecule is Cc1cccc(C(=O)N2CCN(S(=O)(=O)c3cc4c(cc3C)NC(=O)CO4)CC2)c1. The van der Waals surface area contributed by atoms with Crippen LogP contribution in [-0.2, 0) is 14.8 Å². The van der Waals surface area contributed by atoms with E-state index in [-0.39, 0.29) is 36.4 Å². The largest absolute Gasteiger partial charge is 0.482 e. The van der Waals surface area contributed by atoms with E-state index in [0.717, 1.165) is 5.56 Å². The van der Waals surface area contributed by atoms with Gasteiger partial charge in [-0.1, -0.05) is 17.7 Å². The van der Waals surface area contributed by atoms with Crippen molar-refractivity contribution in [3.63, 3.8) is 0 Å². The molecular formula is C21H23N3O5S. The molecule has 4 rings (SSSR count). The van der Waals surface area contributed by atoms with Crippen LogP contribution >= 0.6 is 0 Å². The number of hydrogen-bond acceptors (Lipinski definition) is 5. The monoisotopic (exact) mass is 429 g/mol. The first-order valence-electron chi connectivity index (χ1n) is 9.69. The second-order valence-electron chi connectivity index (χ2n) is 7.52. The third-order valence-corrected chi connectivity index (χ3v) is 7.36. The van der Waals surface area contributed by atoms with Crippen LogP contribution in [0.3, 0.4) is 0 Å². The highest BCUT2D eigenvalue weighted by Gasteiger charge is 2.32. The van der Waals surface area contributed by atoms with Crippen molar-refractivity contribution in [3.05, 3.63) is 53.1 Å². The van der Waals surface area contributed by atoms with E-state index in [1.807, 2.05) is 25.1 Å². The molecule has 1 fully saturated rings. The average Bonchev–Trinajstić information content (AvgIpc) is 2.72. The summed E-state index contributed by atoms with van der Waals surface area (Å²) in [5, 5.41) is 2.68. The fourth-order valence-electron chi connectivity index (χ4n) is 3.73. The summed E-state index contributed by atoms with van der Waals surface area (Å²) in [4.78, 5) is 26.0. The van der Waals surface area contributed by atoms with E-state index in [0.29, 0.717) is 35.7 Å².